The van der Waals surface area contributed by atoms with Gasteiger partial charge in [0.15, 0.2) is 0 Å². The first-order chi connectivity index (χ1) is 14.7. The fourth-order valence-corrected chi connectivity index (χ4v) is 5.17. The van der Waals surface area contributed by atoms with Gasteiger partial charge in [0.05, 0.1) is 12.3 Å². The van der Waals surface area contributed by atoms with Gasteiger partial charge in [-0.25, -0.2) is 0 Å². The van der Waals surface area contributed by atoms with E-state index in [9.17, 15) is 4.79 Å². The molecule has 5 nitrogen and oxygen atoms in total. The maximum absolute atomic E-state index is 13.1. The van der Waals surface area contributed by atoms with Gasteiger partial charge in [0.1, 0.15) is 5.75 Å². The van der Waals surface area contributed by atoms with Crippen molar-refractivity contribution in [3.8, 4) is 5.75 Å². The molecular weight excluding hydrogens is 374 g/mol. The zero-order valence-corrected chi connectivity index (χ0v) is 18.5. The van der Waals surface area contributed by atoms with Crippen molar-refractivity contribution >= 4 is 11.6 Å². The summed E-state index contributed by atoms with van der Waals surface area (Å²) >= 11 is 0. The normalized spacial score (nSPS) is 23.6. The van der Waals surface area contributed by atoms with E-state index >= 15 is 0 Å². The monoisotopic (exact) mass is 411 g/mol. The lowest BCUT2D eigenvalue weighted by atomic mass is 9.91. The number of para-hydroxylation sites is 2. The molecular formula is C25H37N3O2. The minimum atomic E-state index is 0.217. The molecule has 0 saturated carbocycles. The Morgan fingerprint density at radius 3 is 2.47 bits per heavy atom. The van der Waals surface area contributed by atoms with E-state index in [0.717, 1.165) is 69.5 Å². The number of ether oxygens (including phenoxy) is 1. The molecule has 3 aliphatic rings. The molecule has 1 aliphatic carbocycles. The third-order valence-corrected chi connectivity index (χ3v) is 6.93. The number of anilines is 1. The Morgan fingerprint density at radius 1 is 1.00 bits per heavy atom. The second-order valence-electron chi connectivity index (χ2n) is 8.94. The lowest BCUT2D eigenvalue weighted by Crippen LogP contribution is -2.52. The summed E-state index contributed by atoms with van der Waals surface area (Å²) in [6.07, 6.45) is 10.5. The van der Waals surface area contributed by atoms with Crippen LogP contribution < -0.4 is 9.64 Å². The Labute approximate surface area is 181 Å². The van der Waals surface area contributed by atoms with Crippen molar-refractivity contribution in [1.82, 2.24) is 9.80 Å². The standard InChI is InChI=1S/C25H37N3O2/c1-2-30-24-11-7-6-10-23(24)27-16-18-28(19-17-27)25(29)22-12-14-26(15-13-22)20-21-8-4-3-5-9-21/h3-4,6-7,10-11,21-22H,2,5,8-9,12-20H2,1H3/t21-/m0/s1. The number of hydrogen-bond acceptors (Lipinski definition) is 4. The van der Waals surface area contributed by atoms with Crippen LogP contribution in [0, 0.1) is 11.8 Å². The first-order valence-corrected chi connectivity index (χ1v) is 11.9. The van der Waals surface area contributed by atoms with Gasteiger partial charge in [-0.1, -0.05) is 24.3 Å². The number of benzene rings is 1. The van der Waals surface area contributed by atoms with Crippen LogP contribution in [0.15, 0.2) is 36.4 Å². The zero-order chi connectivity index (χ0) is 20.8. The van der Waals surface area contributed by atoms with E-state index in [1.165, 1.54) is 25.8 Å². The second-order valence-corrected chi connectivity index (χ2v) is 8.94. The highest BCUT2D eigenvalue weighted by Crippen LogP contribution is 2.30. The number of hydrogen-bond donors (Lipinski definition) is 0. The van der Waals surface area contributed by atoms with Gasteiger partial charge in [0.2, 0.25) is 5.91 Å². The molecule has 4 rings (SSSR count). The molecule has 0 N–H and O–H groups in total. The Morgan fingerprint density at radius 2 is 1.77 bits per heavy atom. The molecule has 5 heteroatoms. The van der Waals surface area contributed by atoms with Crippen LogP contribution in [0.5, 0.6) is 5.75 Å². The van der Waals surface area contributed by atoms with Gasteiger partial charge in [0.25, 0.3) is 0 Å². The molecule has 2 aliphatic heterocycles. The van der Waals surface area contributed by atoms with Crippen LogP contribution in [0.1, 0.15) is 39.0 Å². The van der Waals surface area contributed by atoms with Gasteiger partial charge in [-0.05, 0) is 70.2 Å². The summed E-state index contributed by atoms with van der Waals surface area (Å²) < 4.78 is 5.79. The highest BCUT2D eigenvalue weighted by Gasteiger charge is 2.31. The highest BCUT2D eigenvalue weighted by molar-refractivity contribution is 5.79. The fourth-order valence-electron chi connectivity index (χ4n) is 5.17. The molecule has 0 unspecified atom stereocenters. The van der Waals surface area contributed by atoms with Crippen LogP contribution >= 0.6 is 0 Å². The summed E-state index contributed by atoms with van der Waals surface area (Å²) in [5, 5.41) is 0. The molecule has 2 heterocycles. The lowest BCUT2D eigenvalue weighted by Gasteiger charge is -2.40. The number of carbonyl (C=O) groups excluding carboxylic acids is 1. The predicted octanol–water partition coefficient (Wildman–Crippen LogP) is 3.80. The van der Waals surface area contributed by atoms with Gasteiger partial charge in [0, 0.05) is 38.6 Å². The molecule has 2 saturated heterocycles. The van der Waals surface area contributed by atoms with E-state index in [0.29, 0.717) is 12.5 Å². The molecule has 0 aromatic heterocycles. The molecule has 30 heavy (non-hydrogen) atoms. The van der Waals surface area contributed by atoms with E-state index in [-0.39, 0.29) is 5.92 Å². The Kier molecular flexibility index (Phi) is 7.32. The lowest BCUT2D eigenvalue weighted by molar-refractivity contribution is -0.137. The maximum Gasteiger partial charge on any atom is 0.225 e. The van der Waals surface area contributed by atoms with Crippen molar-refractivity contribution in [2.75, 3.05) is 57.3 Å². The smallest absolute Gasteiger partial charge is 0.225 e. The van der Waals surface area contributed by atoms with Crippen molar-refractivity contribution < 1.29 is 9.53 Å². The average molecular weight is 412 g/mol. The quantitative estimate of drug-likeness (QED) is 0.667. The summed E-state index contributed by atoms with van der Waals surface area (Å²) in [4.78, 5) is 20.2. The van der Waals surface area contributed by atoms with Crippen LogP contribution in [0.25, 0.3) is 0 Å². The van der Waals surface area contributed by atoms with Crippen LogP contribution in [0.3, 0.4) is 0 Å². The molecule has 0 radical (unpaired) electrons. The molecule has 0 spiro atoms. The van der Waals surface area contributed by atoms with Crippen LogP contribution in [-0.2, 0) is 4.79 Å². The highest BCUT2D eigenvalue weighted by atomic mass is 16.5. The summed E-state index contributed by atoms with van der Waals surface area (Å²) in [5.74, 6) is 2.36. The summed E-state index contributed by atoms with van der Waals surface area (Å²) in [6, 6.07) is 8.24. The van der Waals surface area contributed by atoms with Crippen molar-refractivity contribution in [3.63, 3.8) is 0 Å². The van der Waals surface area contributed by atoms with Crippen LogP contribution in [0.4, 0.5) is 5.69 Å². The van der Waals surface area contributed by atoms with Gasteiger partial charge in [-0.3, -0.25) is 4.79 Å². The number of piperidine rings is 1. The Bertz CT molecular complexity index is 719. The number of carbonyl (C=O) groups is 1. The molecule has 1 atom stereocenters. The van der Waals surface area contributed by atoms with Crippen molar-refractivity contribution in [2.24, 2.45) is 11.8 Å². The third-order valence-electron chi connectivity index (χ3n) is 6.93. The number of allylic oxidation sites excluding steroid dienone is 2. The Balaban J connectivity index is 1.23. The Hall–Kier alpha value is -2.01. The van der Waals surface area contributed by atoms with Crippen molar-refractivity contribution in [1.29, 1.82) is 0 Å². The molecule has 1 aromatic carbocycles. The molecule has 1 aromatic rings. The fraction of sp³-hybridized carbons (Fsp3) is 0.640. The van der Waals surface area contributed by atoms with Gasteiger partial charge in [-0.15, -0.1) is 0 Å². The molecule has 0 bridgehead atoms. The van der Waals surface area contributed by atoms with Crippen LogP contribution in [-0.4, -0.2) is 68.1 Å². The van der Waals surface area contributed by atoms with Crippen LogP contribution in [0.2, 0.25) is 0 Å². The van der Waals surface area contributed by atoms with Gasteiger partial charge >= 0.3 is 0 Å². The van der Waals surface area contributed by atoms with Crippen molar-refractivity contribution in [3.05, 3.63) is 36.4 Å². The SMILES string of the molecule is CCOc1ccccc1N1CCN(C(=O)C2CCN(C[C@H]3CC=CCC3)CC2)CC1. The largest absolute Gasteiger partial charge is 0.492 e. The first-order valence-electron chi connectivity index (χ1n) is 11.9. The van der Waals surface area contributed by atoms with E-state index in [1.807, 2.05) is 19.1 Å². The predicted molar refractivity (Wildman–Crippen MR) is 122 cm³/mol. The van der Waals surface area contributed by atoms with Gasteiger partial charge in [-0.2, -0.15) is 0 Å². The average Bonchev–Trinajstić information content (AvgIpc) is 2.81. The topological polar surface area (TPSA) is 36.0 Å². The number of rotatable bonds is 6. The summed E-state index contributed by atoms with van der Waals surface area (Å²) in [5.41, 5.74) is 1.15. The summed E-state index contributed by atoms with van der Waals surface area (Å²) in [7, 11) is 0. The minimum absolute atomic E-state index is 0.217. The van der Waals surface area contributed by atoms with Gasteiger partial charge < -0.3 is 19.4 Å². The summed E-state index contributed by atoms with van der Waals surface area (Å²) in [6.45, 7) is 9.45. The van der Waals surface area contributed by atoms with E-state index in [1.54, 1.807) is 0 Å². The third kappa shape index (κ3) is 5.18. The molecule has 164 valence electrons. The molecule has 1 amide bonds. The molecule has 2 fully saturated rings. The minimum Gasteiger partial charge on any atom is -0.492 e. The van der Waals surface area contributed by atoms with E-state index < -0.39 is 0 Å². The maximum atomic E-state index is 13.1. The van der Waals surface area contributed by atoms with E-state index in [2.05, 4.69) is 39.0 Å². The zero-order valence-electron chi connectivity index (χ0n) is 18.5. The number of nitrogens with zero attached hydrogens (tertiary/aromatic N) is 3. The van der Waals surface area contributed by atoms with E-state index in [4.69, 9.17) is 4.74 Å². The first kappa shape index (κ1) is 21.2. The number of likely N-dealkylation sites (tertiary alicyclic amines) is 1. The van der Waals surface area contributed by atoms with Crippen molar-refractivity contribution in [2.45, 2.75) is 39.0 Å². The number of piperazine rings is 1. The number of amides is 1. The second kappa shape index (κ2) is 10.3.